The summed E-state index contributed by atoms with van der Waals surface area (Å²) < 4.78 is 1.11. The quantitative estimate of drug-likeness (QED) is 0.724. The van der Waals surface area contributed by atoms with Crippen molar-refractivity contribution in [2.24, 2.45) is 0 Å². The maximum Gasteiger partial charge on any atom is 0.0489 e. The normalized spacial score (nSPS) is 12.2. The van der Waals surface area contributed by atoms with Gasteiger partial charge in [0, 0.05) is 21.1 Å². The monoisotopic (exact) mass is 335 g/mol. The van der Waals surface area contributed by atoms with Gasteiger partial charge in [-0.1, -0.05) is 18.2 Å². The Morgan fingerprint density at radius 2 is 1.79 bits per heavy atom. The van der Waals surface area contributed by atoms with Crippen LogP contribution in [-0.4, -0.2) is 6.26 Å². The highest BCUT2D eigenvalue weighted by Crippen LogP contribution is 2.28. The van der Waals surface area contributed by atoms with Crippen molar-refractivity contribution in [3.63, 3.8) is 0 Å². The van der Waals surface area contributed by atoms with E-state index in [2.05, 4.69) is 83.8 Å². The van der Waals surface area contributed by atoms with Gasteiger partial charge in [-0.3, -0.25) is 0 Å². The van der Waals surface area contributed by atoms with Crippen molar-refractivity contribution >= 4 is 33.4 Å². The zero-order valence-electron chi connectivity index (χ0n) is 11.4. The Kier molecular flexibility index (Phi) is 4.94. The highest BCUT2D eigenvalue weighted by Gasteiger charge is 2.07. The first kappa shape index (κ1) is 14.5. The van der Waals surface area contributed by atoms with Crippen molar-refractivity contribution in [3.8, 4) is 0 Å². The van der Waals surface area contributed by atoms with E-state index in [1.54, 1.807) is 11.8 Å². The van der Waals surface area contributed by atoms with E-state index in [0.717, 1.165) is 10.2 Å². The Labute approximate surface area is 127 Å². The van der Waals surface area contributed by atoms with Crippen LogP contribution in [0.2, 0.25) is 0 Å². The lowest BCUT2D eigenvalue weighted by Crippen LogP contribution is -2.07. The molecule has 0 radical (unpaired) electrons. The number of thioether (sulfide) groups is 1. The number of nitrogens with one attached hydrogen (secondary N) is 1. The van der Waals surface area contributed by atoms with Crippen LogP contribution in [0.15, 0.2) is 51.8 Å². The standard InChI is InChI=1S/C16H18BrNS/c1-11-4-9-16(15(17)10-11)18-12(2)13-5-7-14(19-3)8-6-13/h4-10,12,18H,1-3H3. The molecule has 1 atom stereocenters. The lowest BCUT2D eigenvalue weighted by Gasteiger charge is -2.17. The van der Waals surface area contributed by atoms with Crippen molar-refractivity contribution in [1.82, 2.24) is 0 Å². The third-order valence-electron chi connectivity index (χ3n) is 3.11. The summed E-state index contributed by atoms with van der Waals surface area (Å²) in [5.41, 5.74) is 3.69. The van der Waals surface area contributed by atoms with Crippen LogP contribution in [0.3, 0.4) is 0 Å². The van der Waals surface area contributed by atoms with Crippen LogP contribution in [0.1, 0.15) is 24.1 Å². The van der Waals surface area contributed by atoms with Gasteiger partial charge in [0.05, 0.1) is 0 Å². The molecule has 0 spiro atoms. The van der Waals surface area contributed by atoms with Crippen LogP contribution in [0.5, 0.6) is 0 Å². The maximum atomic E-state index is 3.61. The molecule has 0 saturated heterocycles. The summed E-state index contributed by atoms with van der Waals surface area (Å²) in [5, 5.41) is 3.54. The van der Waals surface area contributed by atoms with Gasteiger partial charge in [-0.2, -0.15) is 0 Å². The van der Waals surface area contributed by atoms with Crippen LogP contribution < -0.4 is 5.32 Å². The summed E-state index contributed by atoms with van der Waals surface area (Å²) in [4.78, 5) is 1.30. The number of benzene rings is 2. The molecule has 100 valence electrons. The molecule has 0 fully saturated rings. The Morgan fingerprint density at radius 1 is 1.11 bits per heavy atom. The van der Waals surface area contributed by atoms with Crippen molar-refractivity contribution < 1.29 is 0 Å². The molecule has 0 aliphatic heterocycles. The smallest absolute Gasteiger partial charge is 0.0489 e. The average molecular weight is 336 g/mol. The minimum atomic E-state index is 0.287. The van der Waals surface area contributed by atoms with E-state index in [1.807, 2.05) is 0 Å². The molecular weight excluding hydrogens is 318 g/mol. The largest absolute Gasteiger partial charge is 0.378 e. The number of rotatable bonds is 4. The fourth-order valence-corrected chi connectivity index (χ4v) is 2.96. The van der Waals surface area contributed by atoms with E-state index in [0.29, 0.717) is 0 Å². The summed E-state index contributed by atoms with van der Waals surface area (Å²) >= 11 is 5.37. The van der Waals surface area contributed by atoms with Gasteiger partial charge in [-0.25, -0.2) is 0 Å². The first-order valence-corrected chi connectivity index (χ1v) is 8.28. The Balaban J connectivity index is 2.13. The highest BCUT2D eigenvalue weighted by atomic mass is 79.9. The predicted octanol–water partition coefficient (Wildman–Crippen LogP) is 5.65. The van der Waals surface area contributed by atoms with E-state index in [4.69, 9.17) is 0 Å². The second kappa shape index (κ2) is 6.49. The van der Waals surface area contributed by atoms with Gasteiger partial charge >= 0.3 is 0 Å². The van der Waals surface area contributed by atoms with Crippen LogP contribution in [0.4, 0.5) is 5.69 Å². The van der Waals surface area contributed by atoms with Gasteiger partial charge in [0.25, 0.3) is 0 Å². The summed E-state index contributed by atoms with van der Waals surface area (Å²) in [5.74, 6) is 0. The Morgan fingerprint density at radius 3 is 2.37 bits per heavy atom. The van der Waals surface area contributed by atoms with Crippen LogP contribution >= 0.6 is 27.7 Å². The fourth-order valence-electron chi connectivity index (χ4n) is 1.95. The van der Waals surface area contributed by atoms with Gasteiger partial charge in [-0.15, -0.1) is 11.8 Å². The predicted molar refractivity (Wildman–Crippen MR) is 89.1 cm³/mol. The van der Waals surface area contributed by atoms with E-state index in [-0.39, 0.29) is 6.04 Å². The van der Waals surface area contributed by atoms with Crippen molar-refractivity contribution in [2.75, 3.05) is 11.6 Å². The van der Waals surface area contributed by atoms with Gasteiger partial charge in [0.1, 0.15) is 0 Å². The third kappa shape index (κ3) is 3.77. The Bertz CT molecular complexity index is 551. The van der Waals surface area contributed by atoms with E-state index in [1.165, 1.54) is 16.0 Å². The maximum absolute atomic E-state index is 3.61. The van der Waals surface area contributed by atoms with E-state index in [9.17, 15) is 0 Å². The molecule has 0 heterocycles. The van der Waals surface area contributed by atoms with Crippen molar-refractivity contribution in [1.29, 1.82) is 0 Å². The molecule has 0 saturated carbocycles. The molecule has 0 aromatic heterocycles. The van der Waals surface area contributed by atoms with Gasteiger partial charge in [0.15, 0.2) is 0 Å². The first-order valence-electron chi connectivity index (χ1n) is 6.27. The summed E-state index contributed by atoms with van der Waals surface area (Å²) in [6, 6.07) is 15.4. The molecule has 1 N–H and O–H groups in total. The summed E-state index contributed by atoms with van der Waals surface area (Å²) in [6.45, 7) is 4.28. The SMILES string of the molecule is CSc1ccc(C(C)Nc2ccc(C)cc2Br)cc1. The first-order chi connectivity index (χ1) is 9.10. The minimum absolute atomic E-state index is 0.287. The molecule has 19 heavy (non-hydrogen) atoms. The summed E-state index contributed by atoms with van der Waals surface area (Å²) in [7, 11) is 0. The summed E-state index contributed by atoms with van der Waals surface area (Å²) in [6.07, 6.45) is 2.10. The van der Waals surface area contributed by atoms with E-state index >= 15 is 0 Å². The number of anilines is 1. The van der Waals surface area contributed by atoms with Gasteiger partial charge < -0.3 is 5.32 Å². The second-order valence-electron chi connectivity index (χ2n) is 4.62. The van der Waals surface area contributed by atoms with Crippen LogP contribution in [0, 0.1) is 6.92 Å². The zero-order valence-corrected chi connectivity index (χ0v) is 13.8. The average Bonchev–Trinajstić information content (AvgIpc) is 2.42. The number of hydrogen-bond donors (Lipinski definition) is 1. The molecule has 1 nitrogen and oxygen atoms in total. The van der Waals surface area contributed by atoms with Crippen LogP contribution in [0.25, 0.3) is 0 Å². The molecule has 2 aromatic carbocycles. The lowest BCUT2D eigenvalue weighted by molar-refractivity contribution is 0.881. The number of halogens is 1. The third-order valence-corrected chi connectivity index (χ3v) is 4.51. The zero-order chi connectivity index (χ0) is 13.8. The molecule has 0 aliphatic rings. The van der Waals surface area contributed by atoms with Crippen molar-refractivity contribution in [2.45, 2.75) is 24.8 Å². The molecular formula is C16H18BrNS. The number of hydrogen-bond acceptors (Lipinski definition) is 2. The molecule has 0 aliphatic carbocycles. The second-order valence-corrected chi connectivity index (χ2v) is 6.36. The van der Waals surface area contributed by atoms with Gasteiger partial charge in [0.2, 0.25) is 0 Å². The molecule has 0 bridgehead atoms. The molecule has 2 aromatic rings. The van der Waals surface area contributed by atoms with Gasteiger partial charge in [-0.05, 0) is 71.4 Å². The van der Waals surface area contributed by atoms with E-state index < -0.39 is 0 Å². The molecule has 2 rings (SSSR count). The molecule has 3 heteroatoms. The molecule has 0 amide bonds. The fraction of sp³-hybridized carbons (Fsp3) is 0.250. The topological polar surface area (TPSA) is 12.0 Å². The lowest BCUT2D eigenvalue weighted by atomic mass is 10.1. The van der Waals surface area contributed by atoms with Crippen LogP contribution in [-0.2, 0) is 0 Å². The number of aryl methyl sites for hydroxylation is 1. The minimum Gasteiger partial charge on any atom is -0.378 e. The Hall–Kier alpha value is -0.930. The van der Waals surface area contributed by atoms with Crippen molar-refractivity contribution in [3.05, 3.63) is 58.1 Å². The molecule has 1 unspecified atom stereocenters. The highest BCUT2D eigenvalue weighted by molar-refractivity contribution is 9.10.